The summed E-state index contributed by atoms with van der Waals surface area (Å²) in [6.07, 6.45) is 0. The van der Waals surface area contributed by atoms with Gasteiger partial charge < -0.3 is 4.90 Å². The summed E-state index contributed by atoms with van der Waals surface area (Å²) in [5.41, 5.74) is 2.61. The van der Waals surface area contributed by atoms with E-state index in [1.807, 2.05) is 44.1 Å². The van der Waals surface area contributed by atoms with Crippen molar-refractivity contribution in [1.82, 2.24) is 0 Å². The normalized spacial score (nSPS) is 12.3. The largest absolute Gasteiger partial charge is 0.378 e. The highest BCUT2D eigenvalue weighted by Gasteiger charge is 2.03. The fraction of sp³-hybridized carbons (Fsp3) is 0.333. The van der Waals surface area contributed by atoms with Gasteiger partial charge in [0.05, 0.1) is 5.69 Å². The minimum Gasteiger partial charge on any atom is -0.378 e. The molecule has 0 spiro atoms. The van der Waals surface area contributed by atoms with Crippen LogP contribution in [0.1, 0.15) is 5.56 Å². The zero-order valence-corrected chi connectivity index (χ0v) is 9.26. The molecule has 0 saturated heterocycles. The number of hydrogen-bond acceptors (Lipinski definition) is 2. The lowest BCUT2D eigenvalue weighted by molar-refractivity contribution is 0.570. The number of aryl methyl sites for hydroxylation is 1. The molecule has 78 valence electrons. The summed E-state index contributed by atoms with van der Waals surface area (Å²) in [5.74, 6) is 0. The van der Waals surface area contributed by atoms with Crippen molar-refractivity contribution in [3.05, 3.63) is 23.8 Å². The van der Waals surface area contributed by atoms with Crippen molar-refractivity contribution in [2.24, 2.45) is 0 Å². The quantitative estimate of drug-likeness (QED) is 0.752. The molecule has 0 fully saturated rings. The molecule has 1 unspecified atom stereocenters. The Morgan fingerprint density at radius 1 is 1.43 bits per heavy atom. The molecule has 0 radical (unpaired) electrons. The Kier molecular flexibility index (Phi) is 3.49. The third-order valence-corrected chi connectivity index (χ3v) is 2.33. The zero-order valence-electron chi connectivity index (χ0n) is 8.44. The molecule has 5 heteroatoms. The predicted octanol–water partition coefficient (Wildman–Crippen LogP) is 1.61. The van der Waals surface area contributed by atoms with Crippen molar-refractivity contribution < 1.29 is 8.76 Å². The van der Waals surface area contributed by atoms with Crippen molar-refractivity contribution >= 4 is 22.6 Å². The van der Waals surface area contributed by atoms with Crippen LogP contribution in [0.3, 0.4) is 0 Å². The van der Waals surface area contributed by atoms with E-state index in [2.05, 4.69) is 4.72 Å². The van der Waals surface area contributed by atoms with Gasteiger partial charge in [-0.2, -0.15) is 0 Å². The van der Waals surface area contributed by atoms with Crippen LogP contribution < -0.4 is 9.62 Å². The maximum atomic E-state index is 10.6. The highest BCUT2D eigenvalue weighted by Crippen LogP contribution is 2.21. The zero-order chi connectivity index (χ0) is 10.7. The standard InChI is InChI=1S/C9H14N2O2S/c1-7-4-5-8(11(2)3)6-9(7)10-14(12)13/h4-6,10H,1-3H3,(H,12,13). The van der Waals surface area contributed by atoms with Gasteiger partial charge in [0.1, 0.15) is 0 Å². The van der Waals surface area contributed by atoms with E-state index >= 15 is 0 Å². The number of benzene rings is 1. The summed E-state index contributed by atoms with van der Waals surface area (Å²) in [6, 6.07) is 5.70. The third kappa shape index (κ3) is 2.71. The number of hydrogen-bond donors (Lipinski definition) is 2. The second-order valence-electron chi connectivity index (χ2n) is 3.24. The maximum absolute atomic E-state index is 10.6. The lowest BCUT2D eigenvalue weighted by atomic mass is 10.2. The molecule has 1 rings (SSSR count). The van der Waals surface area contributed by atoms with E-state index in [9.17, 15) is 4.21 Å². The summed E-state index contributed by atoms with van der Waals surface area (Å²) >= 11 is -2.02. The summed E-state index contributed by atoms with van der Waals surface area (Å²) in [7, 11) is 3.84. The molecule has 0 aliphatic rings. The molecule has 14 heavy (non-hydrogen) atoms. The fourth-order valence-electron chi connectivity index (χ4n) is 1.09. The topological polar surface area (TPSA) is 52.6 Å². The molecule has 0 heterocycles. The smallest absolute Gasteiger partial charge is 0.259 e. The van der Waals surface area contributed by atoms with Gasteiger partial charge in [0, 0.05) is 19.8 Å². The first-order chi connectivity index (χ1) is 6.50. The summed E-state index contributed by atoms with van der Waals surface area (Å²) < 4.78 is 21.8. The Morgan fingerprint density at radius 3 is 2.57 bits per heavy atom. The molecular weight excluding hydrogens is 200 g/mol. The van der Waals surface area contributed by atoms with Gasteiger partial charge >= 0.3 is 0 Å². The van der Waals surface area contributed by atoms with Gasteiger partial charge in [0.2, 0.25) is 0 Å². The molecule has 0 aromatic heterocycles. The fourth-order valence-corrected chi connectivity index (χ4v) is 1.50. The highest BCUT2D eigenvalue weighted by molar-refractivity contribution is 7.80. The van der Waals surface area contributed by atoms with Crippen LogP contribution in [0.5, 0.6) is 0 Å². The number of anilines is 2. The lowest BCUT2D eigenvalue weighted by Crippen LogP contribution is -2.10. The van der Waals surface area contributed by atoms with Gasteiger partial charge in [0.25, 0.3) is 11.3 Å². The van der Waals surface area contributed by atoms with E-state index < -0.39 is 11.3 Å². The molecule has 0 aliphatic carbocycles. The third-order valence-electron chi connectivity index (χ3n) is 1.93. The Balaban J connectivity index is 3.02. The van der Waals surface area contributed by atoms with Crippen molar-refractivity contribution in [3.63, 3.8) is 0 Å². The van der Waals surface area contributed by atoms with E-state index in [-0.39, 0.29) is 0 Å². The summed E-state index contributed by atoms with van der Waals surface area (Å²) in [4.78, 5) is 1.94. The van der Waals surface area contributed by atoms with Crippen molar-refractivity contribution in [1.29, 1.82) is 0 Å². The molecule has 0 bridgehead atoms. The van der Waals surface area contributed by atoms with Gasteiger partial charge in [-0.25, -0.2) is 4.21 Å². The molecule has 2 N–H and O–H groups in total. The van der Waals surface area contributed by atoms with Crippen molar-refractivity contribution in [2.45, 2.75) is 6.92 Å². The van der Waals surface area contributed by atoms with Gasteiger partial charge in [-0.1, -0.05) is 6.07 Å². The van der Waals surface area contributed by atoms with Crippen LogP contribution in [0.4, 0.5) is 11.4 Å². The first-order valence-corrected chi connectivity index (χ1v) is 5.27. The molecule has 1 aromatic carbocycles. The SMILES string of the molecule is Cc1ccc(N(C)C)cc1NS(=O)O. The van der Waals surface area contributed by atoms with E-state index in [0.717, 1.165) is 11.3 Å². The maximum Gasteiger partial charge on any atom is 0.259 e. The minimum absolute atomic E-state index is 0.678. The van der Waals surface area contributed by atoms with Crippen molar-refractivity contribution in [3.8, 4) is 0 Å². The van der Waals surface area contributed by atoms with Crippen LogP contribution in [0.15, 0.2) is 18.2 Å². The molecule has 0 saturated carbocycles. The summed E-state index contributed by atoms with van der Waals surface area (Å²) in [6.45, 7) is 1.88. The van der Waals surface area contributed by atoms with Gasteiger partial charge in [-0.3, -0.25) is 9.27 Å². The molecule has 1 atom stereocenters. The Hall–Kier alpha value is -1.07. The number of nitrogens with one attached hydrogen (secondary N) is 1. The van der Waals surface area contributed by atoms with Crippen LogP contribution in [0.25, 0.3) is 0 Å². The molecule has 4 nitrogen and oxygen atoms in total. The average Bonchev–Trinajstić information content (AvgIpc) is 2.07. The average molecular weight is 214 g/mol. The van der Waals surface area contributed by atoms with Crippen LogP contribution in [0.2, 0.25) is 0 Å². The van der Waals surface area contributed by atoms with E-state index in [4.69, 9.17) is 4.55 Å². The van der Waals surface area contributed by atoms with E-state index in [1.54, 1.807) is 0 Å². The van der Waals surface area contributed by atoms with E-state index in [0.29, 0.717) is 5.69 Å². The second kappa shape index (κ2) is 4.43. The lowest BCUT2D eigenvalue weighted by Gasteiger charge is -2.15. The van der Waals surface area contributed by atoms with Gasteiger partial charge in [0.15, 0.2) is 0 Å². The first-order valence-electron chi connectivity index (χ1n) is 4.16. The van der Waals surface area contributed by atoms with Crippen LogP contribution in [-0.4, -0.2) is 22.9 Å². The monoisotopic (exact) mass is 214 g/mol. The molecular formula is C9H14N2O2S. The molecule has 1 aromatic rings. The molecule has 0 amide bonds. The number of rotatable bonds is 3. The van der Waals surface area contributed by atoms with Crippen molar-refractivity contribution in [2.75, 3.05) is 23.7 Å². The summed E-state index contributed by atoms with van der Waals surface area (Å²) in [5, 5.41) is 0. The predicted molar refractivity (Wildman–Crippen MR) is 59.9 cm³/mol. The number of nitrogens with zero attached hydrogens (tertiary/aromatic N) is 1. The first kappa shape index (κ1) is 11.0. The van der Waals surface area contributed by atoms with Crippen LogP contribution in [-0.2, 0) is 11.3 Å². The second-order valence-corrected chi connectivity index (χ2v) is 3.95. The van der Waals surface area contributed by atoms with E-state index in [1.165, 1.54) is 0 Å². The minimum atomic E-state index is -2.02. The highest BCUT2D eigenvalue weighted by atomic mass is 32.2. The van der Waals surface area contributed by atoms with Gasteiger partial charge in [-0.15, -0.1) is 0 Å². The Labute approximate surface area is 86.3 Å². The molecule has 0 aliphatic heterocycles. The Morgan fingerprint density at radius 2 is 2.07 bits per heavy atom. The van der Waals surface area contributed by atoms with Crippen LogP contribution >= 0.6 is 0 Å². The van der Waals surface area contributed by atoms with Crippen LogP contribution in [0, 0.1) is 6.92 Å². The Bertz CT molecular complexity index is 353. The van der Waals surface area contributed by atoms with Gasteiger partial charge in [-0.05, 0) is 24.6 Å².